The number of amides is 1. The van der Waals surface area contributed by atoms with E-state index in [9.17, 15) is 14.7 Å². The van der Waals surface area contributed by atoms with Gasteiger partial charge in [0.05, 0.1) is 12.0 Å². The van der Waals surface area contributed by atoms with E-state index in [0.29, 0.717) is 32.0 Å². The maximum Gasteiger partial charge on any atom is 0.310 e. The lowest BCUT2D eigenvalue weighted by Gasteiger charge is -2.33. The molecule has 148 valence electrons. The summed E-state index contributed by atoms with van der Waals surface area (Å²) in [5.41, 5.74) is 1.99. The second-order valence-electron chi connectivity index (χ2n) is 8.67. The van der Waals surface area contributed by atoms with Gasteiger partial charge in [0.2, 0.25) is 5.91 Å². The fourth-order valence-corrected chi connectivity index (χ4v) is 4.25. The topological polar surface area (TPSA) is 60.9 Å². The maximum absolute atomic E-state index is 12.6. The van der Waals surface area contributed by atoms with Gasteiger partial charge in [-0.05, 0) is 64.0 Å². The Bertz CT molecular complexity index is 665. The van der Waals surface area contributed by atoms with Crippen LogP contribution in [0.15, 0.2) is 24.3 Å². The third-order valence-corrected chi connectivity index (χ3v) is 6.36. The fourth-order valence-electron chi connectivity index (χ4n) is 4.25. The predicted molar refractivity (Wildman–Crippen MR) is 106 cm³/mol. The first-order valence-electron chi connectivity index (χ1n) is 10.1. The van der Waals surface area contributed by atoms with E-state index in [1.54, 1.807) is 6.92 Å². The maximum atomic E-state index is 12.6. The Kier molecular flexibility index (Phi) is 6.20. The smallest absolute Gasteiger partial charge is 0.310 e. The van der Waals surface area contributed by atoms with Crippen LogP contribution in [0.3, 0.4) is 0 Å². The molecule has 1 N–H and O–H groups in total. The monoisotopic (exact) mass is 372 g/mol. The summed E-state index contributed by atoms with van der Waals surface area (Å²) in [7, 11) is 0. The Morgan fingerprint density at radius 1 is 1.15 bits per heavy atom. The summed E-state index contributed by atoms with van der Waals surface area (Å²) in [5.74, 6) is 0.0888. The largest absolute Gasteiger partial charge is 0.481 e. The molecule has 1 unspecified atom stereocenters. The average Bonchev–Trinajstić information content (AvgIpc) is 3.04. The van der Waals surface area contributed by atoms with E-state index in [0.717, 1.165) is 32.4 Å². The van der Waals surface area contributed by atoms with Gasteiger partial charge < -0.3 is 10.0 Å². The van der Waals surface area contributed by atoms with Crippen molar-refractivity contribution in [3.8, 4) is 0 Å². The van der Waals surface area contributed by atoms with Crippen molar-refractivity contribution >= 4 is 11.9 Å². The molecule has 0 saturated carbocycles. The number of hydrogen-bond donors (Lipinski definition) is 1. The van der Waals surface area contributed by atoms with Gasteiger partial charge in [-0.2, -0.15) is 0 Å². The number of hydrogen-bond acceptors (Lipinski definition) is 3. The van der Waals surface area contributed by atoms with Crippen LogP contribution in [0.1, 0.15) is 43.7 Å². The Morgan fingerprint density at radius 2 is 1.81 bits per heavy atom. The van der Waals surface area contributed by atoms with Crippen LogP contribution < -0.4 is 0 Å². The van der Waals surface area contributed by atoms with E-state index in [-0.39, 0.29) is 5.91 Å². The van der Waals surface area contributed by atoms with Crippen molar-refractivity contribution in [2.45, 2.75) is 46.0 Å². The molecule has 0 aromatic heterocycles. The van der Waals surface area contributed by atoms with Crippen LogP contribution in [0.2, 0.25) is 0 Å². The second kappa shape index (κ2) is 8.42. The molecule has 1 aromatic rings. The minimum absolute atomic E-state index is 0.154. The quantitative estimate of drug-likeness (QED) is 0.834. The molecule has 0 bridgehead atoms. The predicted octanol–water partition coefficient (Wildman–Crippen LogP) is 2.96. The number of rotatable bonds is 6. The zero-order valence-electron chi connectivity index (χ0n) is 16.6. The molecule has 0 radical (unpaired) electrons. The molecule has 3 rings (SSSR count). The first-order valence-corrected chi connectivity index (χ1v) is 10.1. The van der Waals surface area contributed by atoms with Gasteiger partial charge in [0.15, 0.2) is 0 Å². The molecular formula is C22H32N2O3. The van der Waals surface area contributed by atoms with Gasteiger partial charge in [0.1, 0.15) is 0 Å². The van der Waals surface area contributed by atoms with Crippen LogP contribution >= 0.6 is 0 Å². The number of benzene rings is 1. The van der Waals surface area contributed by atoms with Crippen molar-refractivity contribution < 1.29 is 14.7 Å². The third kappa shape index (κ3) is 5.10. The summed E-state index contributed by atoms with van der Waals surface area (Å²) < 4.78 is 0. The van der Waals surface area contributed by atoms with Crippen LogP contribution in [0.25, 0.3) is 0 Å². The Morgan fingerprint density at radius 3 is 2.41 bits per heavy atom. The Labute approximate surface area is 162 Å². The van der Waals surface area contributed by atoms with Crippen LogP contribution in [0.5, 0.6) is 0 Å². The van der Waals surface area contributed by atoms with Crippen LogP contribution in [-0.2, 0) is 16.0 Å². The van der Waals surface area contributed by atoms with Gasteiger partial charge in [-0.3, -0.25) is 14.5 Å². The molecule has 5 nitrogen and oxygen atoms in total. The summed E-state index contributed by atoms with van der Waals surface area (Å²) in [5, 5.41) is 9.33. The minimum atomic E-state index is -0.758. The van der Waals surface area contributed by atoms with Gasteiger partial charge in [-0.1, -0.05) is 29.8 Å². The molecule has 1 amide bonds. The number of carboxylic acids is 1. The molecule has 0 aliphatic carbocycles. The normalized spacial score (nSPS) is 24.3. The van der Waals surface area contributed by atoms with Crippen molar-refractivity contribution in [3.05, 3.63) is 35.4 Å². The number of aryl methyl sites for hydroxylation is 2. The number of carboxylic acid groups (broad SMARTS) is 1. The molecule has 2 saturated heterocycles. The van der Waals surface area contributed by atoms with Gasteiger partial charge in [-0.25, -0.2) is 0 Å². The van der Waals surface area contributed by atoms with E-state index < -0.39 is 11.4 Å². The highest BCUT2D eigenvalue weighted by atomic mass is 16.4. The average molecular weight is 373 g/mol. The molecule has 2 aliphatic rings. The standard InChI is InChI=1S/C22H32N2O3/c1-17-3-5-18(6-4-17)7-8-19-9-12-24(13-10-19)20(25)15-23-14-11-22(2,16-23)21(26)27/h3-6,19H,7-16H2,1-2H3,(H,26,27). The van der Waals surface area contributed by atoms with Crippen molar-refractivity contribution in [1.82, 2.24) is 9.80 Å². The highest BCUT2D eigenvalue weighted by molar-refractivity contribution is 5.79. The first kappa shape index (κ1) is 19.9. The lowest BCUT2D eigenvalue weighted by Crippen LogP contribution is -2.44. The van der Waals surface area contributed by atoms with Crippen molar-refractivity contribution in [1.29, 1.82) is 0 Å². The fraction of sp³-hybridized carbons (Fsp3) is 0.636. The second-order valence-corrected chi connectivity index (χ2v) is 8.67. The molecule has 0 spiro atoms. The van der Waals surface area contributed by atoms with E-state index in [1.807, 2.05) is 9.80 Å². The minimum Gasteiger partial charge on any atom is -0.481 e. The SMILES string of the molecule is Cc1ccc(CCC2CCN(C(=O)CN3CCC(C)(C(=O)O)C3)CC2)cc1. The molecule has 5 heteroatoms. The zero-order chi connectivity index (χ0) is 19.4. The highest BCUT2D eigenvalue weighted by Gasteiger charge is 2.41. The summed E-state index contributed by atoms with van der Waals surface area (Å²) in [6, 6.07) is 8.78. The summed E-state index contributed by atoms with van der Waals surface area (Å²) in [6.45, 7) is 7.09. The molecule has 2 heterocycles. The molecule has 27 heavy (non-hydrogen) atoms. The van der Waals surface area contributed by atoms with E-state index in [2.05, 4.69) is 31.2 Å². The number of aliphatic carboxylic acids is 1. The zero-order valence-corrected chi connectivity index (χ0v) is 16.6. The molecule has 1 aromatic carbocycles. The van der Waals surface area contributed by atoms with Crippen molar-refractivity contribution in [2.24, 2.45) is 11.3 Å². The van der Waals surface area contributed by atoms with Crippen LogP contribution in [0, 0.1) is 18.3 Å². The number of piperidine rings is 1. The Hall–Kier alpha value is -1.88. The summed E-state index contributed by atoms with van der Waals surface area (Å²) in [4.78, 5) is 27.9. The van der Waals surface area contributed by atoms with E-state index in [1.165, 1.54) is 17.5 Å². The Balaban J connectivity index is 1.39. The molecular weight excluding hydrogens is 340 g/mol. The molecule has 1 atom stereocenters. The molecule has 2 aliphatic heterocycles. The van der Waals surface area contributed by atoms with Crippen molar-refractivity contribution in [2.75, 3.05) is 32.7 Å². The first-order chi connectivity index (χ1) is 12.9. The summed E-state index contributed by atoms with van der Waals surface area (Å²) >= 11 is 0. The lowest BCUT2D eigenvalue weighted by atomic mass is 9.90. The highest BCUT2D eigenvalue weighted by Crippen LogP contribution is 2.30. The van der Waals surface area contributed by atoms with Crippen LogP contribution in [0.4, 0.5) is 0 Å². The number of carbonyl (C=O) groups is 2. The third-order valence-electron chi connectivity index (χ3n) is 6.36. The summed E-state index contributed by atoms with van der Waals surface area (Å²) in [6.07, 6.45) is 5.07. The van der Waals surface area contributed by atoms with E-state index >= 15 is 0 Å². The number of nitrogens with zero attached hydrogens (tertiary/aromatic N) is 2. The number of carbonyl (C=O) groups excluding carboxylic acids is 1. The lowest BCUT2D eigenvalue weighted by molar-refractivity contribution is -0.147. The van der Waals surface area contributed by atoms with Gasteiger partial charge in [-0.15, -0.1) is 0 Å². The number of likely N-dealkylation sites (tertiary alicyclic amines) is 2. The van der Waals surface area contributed by atoms with Crippen molar-refractivity contribution in [3.63, 3.8) is 0 Å². The molecule has 2 fully saturated rings. The van der Waals surface area contributed by atoms with E-state index in [4.69, 9.17) is 0 Å². The van der Waals surface area contributed by atoms with Gasteiger partial charge >= 0.3 is 5.97 Å². The van der Waals surface area contributed by atoms with Crippen LogP contribution in [-0.4, -0.2) is 59.5 Å². The van der Waals surface area contributed by atoms with Gasteiger partial charge in [0, 0.05) is 19.6 Å². The van der Waals surface area contributed by atoms with Gasteiger partial charge in [0.25, 0.3) is 0 Å².